The van der Waals surface area contributed by atoms with Crippen LogP contribution in [0.3, 0.4) is 0 Å². The van der Waals surface area contributed by atoms with Gasteiger partial charge in [0.05, 0.1) is 20.8 Å². The minimum Gasteiger partial charge on any atom is -0.497 e. The van der Waals surface area contributed by atoms with Crippen molar-refractivity contribution in [2.45, 2.75) is 6.42 Å². The molecule has 0 bridgehead atoms. The first kappa shape index (κ1) is 20.0. The van der Waals surface area contributed by atoms with Gasteiger partial charge in [0.2, 0.25) is 5.91 Å². The smallest absolute Gasteiger partial charge is 0.236 e. The maximum atomic E-state index is 12.4. The highest BCUT2D eigenvalue weighted by atomic mass is 16.5. The van der Waals surface area contributed by atoms with Crippen LogP contribution in [0.15, 0.2) is 48.5 Å². The van der Waals surface area contributed by atoms with E-state index in [1.165, 1.54) is 11.3 Å². The van der Waals surface area contributed by atoms with E-state index in [0.717, 1.165) is 50.6 Å². The first-order valence-electron chi connectivity index (χ1n) is 9.70. The number of carbonyl (C=O) groups excluding carboxylic acids is 1. The fourth-order valence-corrected chi connectivity index (χ4v) is 3.37. The molecule has 1 amide bonds. The van der Waals surface area contributed by atoms with E-state index in [4.69, 9.17) is 9.47 Å². The van der Waals surface area contributed by atoms with Crippen LogP contribution in [0.25, 0.3) is 0 Å². The van der Waals surface area contributed by atoms with Crippen LogP contribution >= 0.6 is 0 Å². The van der Waals surface area contributed by atoms with Gasteiger partial charge in [-0.3, -0.25) is 4.79 Å². The number of hydrogen-bond donors (Lipinski definition) is 1. The quantitative estimate of drug-likeness (QED) is 0.708. The van der Waals surface area contributed by atoms with E-state index >= 15 is 0 Å². The van der Waals surface area contributed by atoms with Crippen LogP contribution in [0.4, 0.5) is 5.69 Å². The number of nitrogens with zero attached hydrogens (tertiary/aromatic N) is 2. The Morgan fingerprint density at radius 2 is 1.68 bits per heavy atom. The second-order valence-corrected chi connectivity index (χ2v) is 6.84. The minimum atomic E-state index is 0.167. The van der Waals surface area contributed by atoms with E-state index in [1.54, 1.807) is 14.2 Å². The lowest BCUT2D eigenvalue weighted by Gasteiger charge is -2.36. The highest BCUT2D eigenvalue weighted by Crippen LogP contribution is 2.20. The number of methoxy groups -OCH3 is 2. The molecule has 1 aliphatic heterocycles. The monoisotopic (exact) mass is 383 g/mol. The molecule has 0 saturated carbocycles. The maximum Gasteiger partial charge on any atom is 0.236 e. The largest absolute Gasteiger partial charge is 0.497 e. The highest BCUT2D eigenvalue weighted by molar-refractivity contribution is 5.78. The summed E-state index contributed by atoms with van der Waals surface area (Å²) in [5.74, 6) is 1.89. The van der Waals surface area contributed by atoms with Gasteiger partial charge in [0.25, 0.3) is 0 Å². The van der Waals surface area contributed by atoms with Crippen LogP contribution in [0, 0.1) is 0 Å². The average molecular weight is 383 g/mol. The Labute approximate surface area is 167 Å². The Hall–Kier alpha value is -2.73. The predicted octanol–water partition coefficient (Wildman–Crippen LogP) is 2.18. The number of ether oxygens (including phenoxy) is 2. The summed E-state index contributed by atoms with van der Waals surface area (Å²) in [5.41, 5.74) is 2.37. The molecule has 1 saturated heterocycles. The van der Waals surface area contributed by atoms with Crippen molar-refractivity contribution >= 4 is 11.6 Å². The number of carbonyl (C=O) groups is 1. The van der Waals surface area contributed by atoms with Crippen LogP contribution < -0.4 is 19.7 Å². The van der Waals surface area contributed by atoms with Crippen molar-refractivity contribution in [1.29, 1.82) is 0 Å². The number of anilines is 1. The molecule has 6 heteroatoms. The van der Waals surface area contributed by atoms with Gasteiger partial charge in [-0.15, -0.1) is 0 Å². The Balaban J connectivity index is 1.37. The third-order valence-corrected chi connectivity index (χ3v) is 5.07. The SMILES string of the molecule is COc1ccc(N2CCN(C(=O)CNCCc3cccc(OC)c3)CC2)cc1. The van der Waals surface area contributed by atoms with Crippen LogP contribution in [0.1, 0.15) is 5.56 Å². The molecule has 2 aromatic carbocycles. The highest BCUT2D eigenvalue weighted by Gasteiger charge is 2.20. The Morgan fingerprint density at radius 1 is 0.964 bits per heavy atom. The number of piperazine rings is 1. The summed E-state index contributed by atoms with van der Waals surface area (Å²) >= 11 is 0. The van der Waals surface area contributed by atoms with E-state index in [1.807, 2.05) is 35.2 Å². The number of benzene rings is 2. The van der Waals surface area contributed by atoms with E-state index in [0.29, 0.717) is 6.54 Å². The summed E-state index contributed by atoms with van der Waals surface area (Å²) in [6.07, 6.45) is 0.871. The molecule has 3 rings (SSSR count). The fourth-order valence-electron chi connectivity index (χ4n) is 3.37. The molecule has 0 radical (unpaired) electrons. The van der Waals surface area contributed by atoms with Crippen molar-refractivity contribution in [3.05, 3.63) is 54.1 Å². The van der Waals surface area contributed by atoms with Crippen LogP contribution in [-0.4, -0.2) is 64.3 Å². The van der Waals surface area contributed by atoms with Crippen LogP contribution in [-0.2, 0) is 11.2 Å². The van der Waals surface area contributed by atoms with E-state index in [2.05, 4.69) is 28.4 Å². The van der Waals surface area contributed by atoms with Gasteiger partial charge in [0.15, 0.2) is 0 Å². The third-order valence-electron chi connectivity index (χ3n) is 5.07. The number of amides is 1. The van der Waals surface area contributed by atoms with Crippen LogP contribution in [0.2, 0.25) is 0 Å². The molecule has 1 fully saturated rings. The van der Waals surface area contributed by atoms with E-state index < -0.39 is 0 Å². The lowest BCUT2D eigenvalue weighted by Crippen LogP contribution is -2.51. The summed E-state index contributed by atoms with van der Waals surface area (Å²) in [4.78, 5) is 16.7. The number of hydrogen-bond acceptors (Lipinski definition) is 5. The zero-order valence-corrected chi connectivity index (χ0v) is 16.7. The molecule has 0 spiro atoms. The topological polar surface area (TPSA) is 54.0 Å². The summed E-state index contributed by atoms with van der Waals surface area (Å²) in [5, 5.41) is 3.26. The molecule has 1 aliphatic rings. The molecule has 0 atom stereocenters. The molecule has 0 unspecified atom stereocenters. The van der Waals surface area contributed by atoms with Crippen molar-refractivity contribution in [2.24, 2.45) is 0 Å². The molecule has 1 heterocycles. The molecule has 150 valence electrons. The van der Waals surface area contributed by atoms with Gasteiger partial charge in [-0.2, -0.15) is 0 Å². The van der Waals surface area contributed by atoms with Crippen molar-refractivity contribution in [3.63, 3.8) is 0 Å². The molecular weight excluding hydrogens is 354 g/mol. The van der Waals surface area contributed by atoms with Gasteiger partial charge in [0.1, 0.15) is 11.5 Å². The van der Waals surface area contributed by atoms with Gasteiger partial charge in [-0.25, -0.2) is 0 Å². The normalized spacial score (nSPS) is 14.1. The Morgan fingerprint density at radius 3 is 2.36 bits per heavy atom. The molecule has 0 aromatic heterocycles. The second-order valence-electron chi connectivity index (χ2n) is 6.84. The predicted molar refractivity (Wildman–Crippen MR) is 111 cm³/mol. The van der Waals surface area contributed by atoms with Crippen molar-refractivity contribution in [2.75, 3.05) is 58.4 Å². The molecule has 2 aromatic rings. The van der Waals surface area contributed by atoms with Crippen LogP contribution in [0.5, 0.6) is 11.5 Å². The zero-order valence-electron chi connectivity index (χ0n) is 16.7. The number of rotatable bonds is 8. The average Bonchev–Trinajstić information content (AvgIpc) is 2.77. The first-order valence-corrected chi connectivity index (χ1v) is 9.70. The van der Waals surface area contributed by atoms with Gasteiger partial charge < -0.3 is 24.6 Å². The lowest BCUT2D eigenvalue weighted by molar-refractivity contribution is -0.130. The van der Waals surface area contributed by atoms with E-state index in [9.17, 15) is 4.79 Å². The Bertz CT molecular complexity index is 756. The molecular formula is C22H29N3O3. The van der Waals surface area contributed by atoms with Crippen molar-refractivity contribution < 1.29 is 14.3 Å². The fraction of sp³-hybridized carbons (Fsp3) is 0.409. The second kappa shape index (κ2) is 9.99. The van der Waals surface area contributed by atoms with Crippen molar-refractivity contribution in [1.82, 2.24) is 10.2 Å². The summed E-state index contributed by atoms with van der Waals surface area (Å²) in [7, 11) is 3.34. The zero-order chi connectivity index (χ0) is 19.8. The number of nitrogens with one attached hydrogen (secondary N) is 1. The third kappa shape index (κ3) is 5.39. The first-order chi connectivity index (χ1) is 13.7. The lowest BCUT2D eigenvalue weighted by atomic mass is 10.1. The van der Waals surface area contributed by atoms with Gasteiger partial charge >= 0.3 is 0 Å². The van der Waals surface area contributed by atoms with Gasteiger partial charge in [-0.1, -0.05) is 12.1 Å². The molecule has 28 heavy (non-hydrogen) atoms. The van der Waals surface area contributed by atoms with Gasteiger partial charge in [-0.05, 0) is 54.9 Å². The van der Waals surface area contributed by atoms with Crippen molar-refractivity contribution in [3.8, 4) is 11.5 Å². The standard InChI is InChI=1S/C22H29N3O3/c1-27-20-8-6-19(7-9-20)24-12-14-25(15-13-24)22(26)17-23-11-10-18-4-3-5-21(16-18)28-2/h3-9,16,23H,10-15,17H2,1-2H3. The summed E-state index contributed by atoms with van der Waals surface area (Å²) in [6, 6.07) is 16.1. The summed E-state index contributed by atoms with van der Waals surface area (Å²) < 4.78 is 10.4. The molecule has 6 nitrogen and oxygen atoms in total. The Kier molecular flexibility index (Phi) is 7.14. The van der Waals surface area contributed by atoms with E-state index in [-0.39, 0.29) is 5.91 Å². The summed E-state index contributed by atoms with van der Waals surface area (Å²) in [6.45, 7) is 4.35. The van der Waals surface area contributed by atoms with Gasteiger partial charge in [0, 0.05) is 31.9 Å². The molecule has 0 aliphatic carbocycles. The maximum absolute atomic E-state index is 12.4. The molecule has 1 N–H and O–H groups in total. The minimum absolute atomic E-state index is 0.167.